The summed E-state index contributed by atoms with van der Waals surface area (Å²) in [5, 5.41) is 0. The predicted octanol–water partition coefficient (Wildman–Crippen LogP) is -0.800. The molecule has 5 heteroatoms. The first kappa shape index (κ1) is 9.42. The van der Waals surface area contributed by atoms with Gasteiger partial charge in [-0.3, -0.25) is 0 Å². The van der Waals surface area contributed by atoms with Crippen molar-refractivity contribution in [2.24, 2.45) is 0 Å². The third-order valence-corrected chi connectivity index (χ3v) is 0. The molecule has 0 aromatic carbocycles. The van der Waals surface area contributed by atoms with Crippen LogP contribution in [0, 0.1) is 0 Å². The monoisotopic (exact) mass is 214 g/mol. The van der Waals surface area contributed by atoms with Gasteiger partial charge in [0.25, 0.3) is 0 Å². The van der Waals surface area contributed by atoms with E-state index in [2.05, 4.69) is 0 Å². The Hall–Kier alpha value is 1.07. The van der Waals surface area contributed by atoms with Crippen molar-refractivity contribution in [1.29, 1.82) is 0 Å². The van der Waals surface area contributed by atoms with Crippen molar-refractivity contribution in [1.82, 2.24) is 0 Å². The van der Waals surface area contributed by atoms with Gasteiger partial charge in [0.1, 0.15) is 0 Å². The van der Waals surface area contributed by atoms with Gasteiger partial charge in [-0.2, -0.15) is 0 Å². The Balaban J connectivity index is 0. The van der Waals surface area contributed by atoms with E-state index in [0.717, 1.165) is 0 Å². The Morgan fingerprint density at radius 3 is 1.40 bits per heavy atom. The Labute approximate surface area is 53.9 Å². The van der Waals surface area contributed by atoms with E-state index in [1.165, 1.54) is 0 Å². The maximum atomic E-state index is 8.67. The Morgan fingerprint density at radius 1 is 1.40 bits per heavy atom. The van der Waals surface area contributed by atoms with Gasteiger partial charge >= 0.3 is 26.8 Å². The van der Waals surface area contributed by atoms with E-state index in [1.54, 1.807) is 0 Å². The van der Waals surface area contributed by atoms with Crippen LogP contribution in [0.15, 0.2) is 0 Å². The molecule has 0 aliphatic rings. The second-order valence-corrected chi connectivity index (χ2v) is 0.981. The van der Waals surface area contributed by atoms with Gasteiger partial charge in [0.2, 0.25) is 0 Å². The van der Waals surface area contributed by atoms with Crippen molar-refractivity contribution in [3.05, 3.63) is 0 Å². The first-order valence-electron chi connectivity index (χ1n) is 0.565. The SMILES string of the molecule is [Cd].[O]=[V](=[O])[OH]. The zero-order valence-electron chi connectivity index (χ0n) is 2.42. The fraction of sp³-hybridized carbons (Fsp3) is 0. The molecule has 0 aliphatic heterocycles. The van der Waals surface area contributed by atoms with E-state index in [-0.39, 0.29) is 27.3 Å². The van der Waals surface area contributed by atoms with Crippen LogP contribution in [0.3, 0.4) is 0 Å². The topological polar surface area (TPSA) is 54.4 Å². The molecule has 0 amide bonds. The Kier molecular flexibility index (Phi) is 9.54. The van der Waals surface area contributed by atoms with E-state index in [4.69, 9.17) is 11.4 Å². The van der Waals surface area contributed by atoms with E-state index in [0.29, 0.717) is 0 Å². The zero-order valence-corrected chi connectivity index (χ0v) is 7.85. The second-order valence-electron chi connectivity index (χ2n) is 0.238. The van der Waals surface area contributed by atoms with Gasteiger partial charge in [-0.05, 0) is 0 Å². The van der Waals surface area contributed by atoms with Crippen LogP contribution in [0.1, 0.15) is 0 Å². The summed E-state index contributed by atoms with van der Waals surface area (Å²) in [5.74, 6) is 0. The van der Waals surface area contributed by atoms with E-state index >= 15 is 0 Å². The molecule has 0 unspecified atom stereocenters. The van der Waals surface area contributed by atoms with Crippen molar-refractivity contribution in [2.45, 2.75) is 0 Å². The fourth-order valence-electron chi connectivity index (χ4n) is 0. The molecule has 0 aliphatic carbocycles. The van der Waals surface area contributed by atoms with Crippen molar-refractivity contribution in [2.75, 3.05) is 0 Å². The molecular weight excluding hydrogens is 211 g/mol. The first-order valence-corrected chi connectivity index (χ1v) is 2.33. The Bertz CT molecular complexity index is 55.3. The molecule has 0 heterocycles. The summed E-state index contributed by atoms with van der Waals surface area (Å²) in [4.78, 5) is 0. The summed E-state index contributed by atoms with van der Waals surface area (Å²) >= 11 is -3.69. The van der Waals surface area contributed by atoms with Crippen LogP contribution in [0.2, 0.25) is 0 Å². The molecule has 0 aromatic heterocycles. The quantitative estimate of drug-likeness (QED) is 0.535. The molecule has 0 aromatic rings. The van der Waals surface area contributed by atoms with Crippen LogP contribution in [0.25, 0.3) is 0 Å². The van der Waals surface area contributed by atoms with Crippen LogP contribution in [-0.4, -0.2) is 4.03 Å². The van der Waals surface area contributed by atoms with Crippen molar-refractivity contribution < 1.29 is 54.1 Å². The summed E-state index contributed by atoms with van der Waals surface area (Å²) in [6, 6.07) is 0. The summed E-state index contributed by atoms with van der Waals surface area (Å²) in [5.41, 5.74) is 0. The minimum absolute atomic E-state index is 0. The molecule has 0 saturated carbocycles. The first-order chi connectivity index (χ1) is 1.73. The van der Waals surface area contributed by atoms with E-state index < -0.39 is 15.4 Å². The molecule has 0 radical (unpaired) electrons. The van der Waals surface area contributed by atoms with Gasteiger partial charge in [-0.15, -0.1) is 0 Å². The average molecular weight is 212 g/mol. The van der Waals surface area contributed by atoms with Crippen molar-refractivity contribution in [3.63, 3.8) is 0 Å². The van der Waals surface area contributed by atoms with E-state index in [9.17, 15) is 0 Å². The summed E-state index contributed by atoms with van der Waals surface area (Å²) in [6.07, 6.45) is 0. The summed E-state index contributed by atoms with van der Waals surface area (Å²) in [6.45, 7) is 0. The Morgan fingerprint density at radius 2 is 1.40 bits per heavy atom. The molecule has 0 saturated heterocycles. The molecule has 0 fully saturated rings. The zero-order chi connectivity index (χ0) is 3.58. The van der Waals surface area contributed by atoms with Gasteiger partial charge in [-0.25, -0.2) is 0 Å². The number of hydrogen-bond acceptors (Lipinski definition) is 2. The van der Waals surface area contributed by atoms with Gasteiger partial charge in [0.05, 0.1) is 0 Å². The molecule has 3 nitrogen and oxygen atoms in total. The summed E-state index contributed by atoms with van der Waals surface area (Å²) in [7, 11) is 0. The number of hydrogen-bond donors (Lipinski definition) is 1. The predicted molar refractivity (Wildman–Crippen MR) is 3.59 cm³/mol. The van der Waals surface area contributed by atoms with Gasteiger partial charge < -0.3 is 0 Å². The molecule has 26 valence electrons. The molecule has 0 atom stereocenters. The summed E-state index contributed by atoms with van der Waals surface area (Å²) < 4.78 is 24.4. The molecule has 0 rings (SSSR count). The average Bonchev–Trinajstić information content (AvgIpc) is 0.811. The maximum absolute atomic E-state index is 8.67. The van der Waals surface area contributed by atoms with Gasteiger partial charge in [0, 0.05) is 27.3 Å². The van der Waals surface area contributed by atoms with Crippen LogP contribution >= 0.6 is 0 Å². The van der Waals surface area contributed by atoms with Crippen molar-refractivity contribution >= 4 is 0 Å². The third-order valence-electron chi connectivity index (χ3n) is 0. The van der Waals surface area contributed by atoms with Crippen LogP contribution in [-0.2, 0) is 50.0 Å². The fourth-order valence-corrected chi connectivity index (χ4v) is 0. The van der Waals surface area contributed by atoms with Gasteiger partial charge in [0.15, 0.2) is 0 Å². The molecule has 0 bridgehead atoms. The van der Waals surface area contributed by atoms with Crippen LogP contribution < -0.4 is 0 Å². The van der Waals surface area contributed by atoms with Crippen LogP contribution in [0.4, 0.5) is 0 Å². The van der Waals surface area contributed by atoms with Crippen LogP contribution in [0.5, 0.6) is 0 Å². The second kappa shape index (κ2) is 5.07. The van der Waals surface area contributed by atoms with E-state index in [1.807, 2.05) is 0 Å². The van der Waals surface area contributed by atoms with Gasteiger partial charge in [-0.1, -0.05) is 0 Å². The molecule has 5 heavy (non-hydrogen) atoms. The minimum atomic E-state index is -3.69. The molecule has 0 spiro atoms. The third kappa shape index (κ3) is 41.9. The van der Waals surface area contributed by atoms with Crippen molar-refractivity contribution in [3.8, 4) is 0 Å². The molecule has 1 N–H and O–H groups in total. The molecular formula is HCdO3V. The number of rotatable bonds is 0. The standard InChI is InChI=1S/Cd.H2O.2O.V/h;1H2;;;/q;;;;+1/p-1. The normalized spacial score (nSPS) is 5.00.